The molecule has 1 aromatic heterocycles. The molecule has 0 aliphatic carbocycles. The van der Waals surface area contributed by atoms with Crippen LogP contribution in [0.25, 0.3) is 0 Å². The number of nitrogens with one attached hydrogen (secondary N) is 1. The maximum Gasteiger partial charge on any atom is 0.252 e. The smallest absolute Gasteiger partial charge is 0.252 e. The second-order valence-electron chi connectivity index (χ2n) is 5.40. The van der Waals surface area contributed by atoms with E-state index in [4.69, 9.17) is 14.0 Å². The quantitative estimate of drug-likeness (QED) is 0.899. The Kier molecular flexibility index (Phi) is 4.87. The Bertz CT molecular complexity index is 671. The molecular formula is C16H19N3O4. The van der Waals surface area contributed by atoms with Crippen LogP contribution in [0.5, 0.6) is 5.75 Å². The number of rotatable bonds is 5. The summed E-state index contributed by atoms with van der Waals surface area (Å²) >= 11 is 0. The number of para-hydroxylation sites is 1. The number of ether oxygens (including phenoxy) is 2. The van der Waals surface area contributed by atoms with E-state index in [0.717, 1.165) is 11.3 Å². The van der Waals surface area contributed by atoms with Crippen molar-refractivity contribution in [2.45, 2.75) is 26.0 Å². The molecule has 0 fully saturated rings. The van der Waals surface area contributed by atoms with E-state index in [0.29, 0.717) is 31.2 Å². The molecule has 0 radical (unpaired) electrons. The third-order valence-electron chi connectivity index (χ3n) is 3.73. The second kappa shape index (κ2) is 7.23. The van der Waals surface area contributed by atoms with Gasteiger partial charge >= 0.3 is 0 Å². The highest BCUT2D eigenvalue weighted by Gasteiger charge is 2.23. The minimum absolute atomic E-state index is 0.0246. The van der Waals surface area contributed by atoms with Gasteiger partial charge in [0.15, 0.2) is 5.82 Å². The predicted octanol–water partition coefficient (Wildman–Crippen LogP) is 1.47. The molecule has 7 heteroatoms. The van der Waals surface area contributed by atoms with Gasteiger partial charge in [0.25, 0.3) is 5.89 Å². The fourth-order valence-electron chi connectivity index (χ4n) is 2.57. The van der Waals surface area contributed by atoms with Crippen molar-refractivity contribution >= 4 is 5.91 Å². The first-order chi connectivity index (χ1) is 11.3. The molecule has 1 amide bonds. The zero-order chi connectivity index (χ0) is 16.1. The summed E-state index contributed by atoms with van der Waals surface area (Å²) < 4.78 is 15.6. The lowest BCUT2D eigenvalue weighted by atomic mass is 9.96. The number of nitrogens with zero attached hydrogens (tertiary/aromatic N) is 2. The lowest BCUT2D eigenvalue weighted by molar-refractivity contribution is -0.125. The van der Waals surface area contributed by atoms with Crippen LogP contribution in [0.4, 0.5) is 0 Å². The second-order valence-corrected chi connectivity index (χ2v) is 5.40. The van der Waals surface area contributed by atoms with Gasteiger partial charge in [0.2, 0.25) is 5.91 Å². The Morgan fingerprint density at radius 1 is 1.43 bits per heavy atom. The topological polar surface area (TPSA) is 86.5 Å². The number of hydrogen-bond donors (Lipinski definition) is 1. The molecular weight excluding hydrogens is 298 g/mol. The highest BCUT2D eigenvalue weighted by atomic mass is 16.5. The van der Waals surface area contributed by atoms with E-state index in [9.17, 15) is 4.79 Å². The normalized spacial score (nSPS) is 17.0. The molecule has 1 atom stereocenters. The van der Waals surface area contributed by atoms with E-state index < -0.39 is 0 Å². The molecule has 122 valence electrons. The highest BCUT2D eigenvalue weighted by Crippen LogP contribution is 2.26. The summed E-state index contributed by atoms with van der Waals surface area (Å²) in [5.41, 5.74) is 1.06. The van der Waals surface area contributed by atoms with Gasteiger partial charge in [-0.25, -0.2) is 0 Å². The average Bonchev–Trinajstić information content (AvgIpc) is 2.89. The van der Waals surface area contributed by atoms with Crippen LogP contribution in [0.3, 0.4) is 0 Å². The van der Waals surface area contributed by atoms with Crippen molar-refractivity contribution < 1.29 is 18.8 Å². The van der Waals surface area contributed by atoms with Crippen LogP contribution in [-0.4, -0.2) is 29.8 Å². The number of carbonyl (C=O) groups is 1. The summed E-state index contributed by atoms with van der Waals surface area (Å²) in [4.78, 5) is 16.5. The molecule has 1 aliphatic rings. The molecule has 0 unspecified atom stereocenters. The van der Waals surface area contributed by atoms with Crippen LogP contribution in [-0.2, 0) is 29.1 Å². The summed E-state index contributed by atoms with van der Waals surface area (Å²) in [7, 11) is 1.55. The monoisotopic (exact) mass is 317 g/mol. The summed E-state index contributed by atoms with van der Waals surface area (Å²) in [6.07, 6.45) is 1.35. The van der Waals surface area contributed by atoms with Crippen LogP contribution in [0.15, 0.2) is 28.8 Å². The van der Waals surface area contributed by atoms with Crippen LogP contribution in [0.2, 0.25) is 0 Å². The van der Waals surface area contributed by atoms with Crippen LogP contribution < -0.4 is 10.1 Å². The van der Waals surface area contributed by atoms with Gasteiger partial charge in [-0.15, -0.1) is 0 Å². The summed E-state index contributed by atoms with van der Waals surface area (Å²) in [5, 5.41) is 6.66. The van der Waals surface area contributed by atoms with Gasteiger partial charge in [-0.3, -0.25) is 4.79 Å². The van der Waals surface area contributed by atoms with E-state index in [-0.39, 0.29) is 25.0 Å². The zero-order valence-corrected chi connectivity index (χ0v) is 12.9. The Hall–Kier alpha value is -2.41. The Labute approximate surface area is 134 Å². The van der Waals surface area contributed by atoms with Crippen molar-refractivity contribution in [3.63, 3.8) is 0 Å². The molecule has 1 N–H and O–H groups in total. The molecule has 0 saturated carbocycles. The SMILES string of the molecule is COCc1nc(CNC(=O)[C@@H]2CCOc3ccccc3C2)no1. The fraction of sp³-hybridized carbons (Fsp3) is 0.438. The highest BCUT2D eigenvalue weighted by molar-refractivity contribution is 5.79. The summed E-state index contributed by atoms with van der Waals surface area (Å²) in [6, 6.07) is 7.83. The number of benzene rings is 1. The van der Waals surface area contributed by atoms with E-state index >= 15 is 0 Å². The van der Waals surface area contributed by atoms with Gasteiger partial charge in [-0.1, -0.05) is 23.4 Å². The standard InChI is InChI=1S/C16H19N3O4/c1-21-10-15-18-14(19-23-15)9-17-16(20)12-6-7-22-13-5-3-2-4-11(13)8-12/h2-5,12H,6-10H2,1H3,(H,17,20)/t12-/m1/s1. The predicted molar refractivity (Wildman–Crippen MR) is 80.6 cm³/mol. The molecule has 0 spiro atoms. The van der Waals surface area contributed by atoms with Crippen LogP contribution in [0, 0.1) is 5.92 Å². The number of carbonyl (C=O) groups excluding carboxylic acids is 1. The molecule has 23 heavy (non-hydrogen) atoms. The molecule has 1 aromatic carbocycles. The van der Waals surface area contributed by atoms with Crippen molar-refractivity contribution in [2.75, 3.05) is 13.7 Å². The van der Waals surface area contributed by atoms with E-state index in [1.165, 1.54) is 0 Å². The Morgan fingerprint density at radius 2 is 2.30 bits per heavy atom. The molecule has 7 nitrogen and oxygen atoms in total. The lowest BCUT2D eigenvalue weighted by Crippen LogP contribution is -2.32. The molecule has 0 saturated heterocycles. The summed E-state index contributed by atoms with van der Waals surface area (Å²) in [5.74, 6) is 1.56. The minimum Gasteiger partial charge on any atom is -0.493 e. The molecule has 2 aromatic rings. The van der Waals surface area contributed by atoms with Crippen molar-refractivity contribution in [3.8, 4) is 5.75 Å². The summed E-state index contributed by atoms with van der Waals surface area (Å²) in [6.45, 7) is 1.04. The third kappa shape index (κ3) is 3.87. The number of methoxy groups -OCH3 is 1. The number of amides is 1. The third-order valence-corrected chi connectivity index (χ3v) is 3.73. The van der Waals surface area contributed by atoms with Crippen LogP contribution in [0.1, 0.15) is 23.7 Å². The zero-order valence-electron chi connectivity index (χ0n) is 12.9. The van der Waals surface area contributed by atoms with Gasteiger partial charge in [0.05, 0.1) is 13.2 Å². The van der Waals surface area contributed by atoms with E-state index in [1.807, 2.05) is 24.3 Å². The molecule has 1 aliphatic heterocycles. The Balaban J connectivity index is 1.57. The first kappa shape index (κ1) is 15.5. The van der Waals surface area contributed by atoms with Crippen LogP contribution >= 0.6 is 0 Å². The number of hydrogen-bond acceptors (Lipinski definition) is 6. The average molecular weight is 317 g/mol. The van der Waals surface area contributed by atoms with Gasteiger partial charge in [0, 0.05) is 13.0 Å². The number of aromatic nitrogens is 2. The fourth-order valence-corrected chi connectivity index (χ4v) is 2.57. The van der Waals surface area contributed by atoms with Crippen molar-refractivity contribution in [2.24, 2.45) is 5.92 Å². The van der Waals surface area contributed by atoms with Gasteiger partial charge in [-0.05, 0) is 24.5 Å². The van der Waals surface area contributed by atoms with Crippen molar-refractivity contribution in [1.82, 2.24) is 15.5 Å². The maximum absolute atomic E-state index is 12.4. The molecule has 2 heterocycles. The first-order valence-corrected chi connectivity index (χ1v) is 7.55. The maximum atomic E-state index is 12.4. The number of fused-ring (bicyclic) bond motifs is 1. The lowest BCUT2D eigenvalue weighted by Gasteiger charge is -2.12. The molecule has 3 rings (SSSR count). The van der Waals surface area contributed by atoms with Gasteiger partial charge in [0.1, 0.15) is 12.4 Å². The largest absolute Gasteiger partial charge is 0.493 e. The van der Waals surface area contributed by atoms with Crippen molar-refractivity contribution in [3.05, 3.63) is 41.5 Å². The van der Waals surface area contributed by atoms with Gasteiger partial charge in [-0.2, -0.15) is 4.98 Å². The Morgan fingerprint density at radius 3 is 3.17 bits per heavy atom. The van der Waals surface area contributed by atoms with E-state index in [2.05, 4.69) is 15.5 Å². The van der Waals surface area contributed by atoms with Crippen molar-refractivity contribution in [1.29, 1.82) is 0 Å². The minimum atomic E-state index is -0.121. The first-order valence-electron chi connectivity index (χ1n) is 7.55. The van der Waals surface area contributed by atoms with E-state index in [1.54, 1.807) is 7.11 Å². The molecule has 0 bridgehead atoms. The van der Waals surface area contributed by atoms with Gasteiger partial charge < -0.3 is 19.3 Å².